The molecule has 0 aromatic carbocycles. The Morgan fingerprint density at radius 1 is 1.56 bits per heavy atom. The maximum Gasteiger partial charge on any atom is 0.326 e. The highest BCUT2D eigenvalue weighted by atomic mass is 16.4. The van der Waals surface area contributed by atoms with Crippen LogP contribution in [0.25, 0.3) is 0 Å². The minimum Gasteiger partial charge on any atom is -0.480 e. The van der Waals surface area contributed by atoms with Crippen molar-refractivity contribution in [2.45, 2.75) is 51.6 Å². The standard InChI is InChI=1S/C11H20N2O3/c1-3-5-8(2)12-11(16)13-7-4-6-9(13)10(14)15/h8-9H,3-7H2,1-2H3,(H,12,16)(H,14,15)/t8?,9-/m0/s1. The van der Waals surface area contributed by atoms with Gasteiger partial charge in [-0.3, -0.25) is 0 Å². The Morgan fingerprint density at radius 2 is 2.25 bits per heavy atom. The molecule has 1 saturated heterocycles. The van der Waals surface area contributed by atoms with Crippen LogP contribution in [0.2, 0.25) is 0 Å². The van der Waals surface area contributed by atoms with Crippen molar-refractivity contribution in [3.8, 4) is 0 Å². The molecule has 1 rings (SSSR count). The number of carbonyl (C=O) groups is 2. The minimum atomic E-state index is -0.907. The lowest BCUT2D eigenvalue weighted by Gasteiger charge is -2.24. The van der Waals surface area contributed by atoms with E-state index < -0.39 is 12.0 Å². The lowest BCUT2D eigenvalue weighted by atomic mass is 10.2. The molecule has 0 radical (unpaired) electrons. The molecule has 0 bridgehead atoms. The van der Waals surface area contributed by atoms with Crippen molar-refractivity contribution in [3.63, 3.8) is 0 Å². The molecule has 0 aromatic rings. The fourth-order valence-electron chi connectivity index (χ4n) is 2.07. The highest BCUT2D eigenvalue weighted by Crippen LogP contribution is 2.17. The number of carboxylic acids is 1. The minimum absolute atomic E-state index is 0.104. The molecule has 0 aliphatic carbocycles. The highest BCUT2D eigenvalue weighted by molar-refractivity contribution is 5.83. The van der Waals surface area contributed by atoms with Gasteiger partial charge in [0.15, 0.2) is 0 Å². The molecule has 1 aliphatic rings. The van der Waals surface area contributed by atoms with Crippen molar-refractivity contribution in [1.29, 1.82) is 0 Å². The van der Waals surface area contributed by atoms with Gasteiger partial charge in [0.1, 0.15) is 6.04 Å². The molecule has 16 heavy (non-hydrogen) atoms. The zero-order valence-corrected chi connectivity index (χ0v) is 9.90. The molecule has 2 N–H and O–H groups in total. The van der Waals surface area contributed by atoms with Crippen LogP contribution in [0.1, 0.15) is 39.5 Å². The average Bonchev–Trinajstić information content (AvgIpc) is 2.65. The van der Waals surface area contributed by atoms with Crippen LogP contribution in [0.4, 0.5) is 4.79 Å². The molecule has 5 heteroatoms. The van der Waals surface area contributed by atoms with E-state index in [1.807, 2.05) is 6.92 Å². The summed E-state index contributed by atoms with van der Waals surface area (Å²) in [7, 11) is 0. The molecule has 2 atom stereocenters. The number of nitrogens with one attached hydrogen (secondary N) is 1. The number of aliphatic carboxylic acids is 1. The summed E-state index contributed by atoms with van der Waals surface area (Å²) in [5, 5.41) is 11.8. The van der Waals surface area contributed by atoms with Gasteiger partial charge in [0.05, 0.1) is 0 Å². The monoisotopic (exact) mass is 228 g/mol. The third kappa shape index (κ3) is 3.12. The average molecular weight is 228 g/mol. The zero-order chi connectivity index (χ0) is 12.1. The first-order chi connectivity index (χ1) is 7.56. The lowest BCUT2D eigenvalue weighted by molar-refractivity contribution is -0.141. The number of likely N-dealkylation sites (tertiary alicyclic amines) is 1. The van der Waals surface area contributed by atoms with E-state index in [2.05, 4.69) is 12.2 Å². The van der Waals surface area contributed by atoms with Gasteiger partial charge in [-0.05, 0) is 26.2 Å². The number of amides is 2. The molecule has 0 saturated carbocycles. The van der Waals surface area contributed by atoms with Crippen molar-refractivity contribution in [1.82, 2.24) is 10.2 Å². The molecule has 1 fully saturated rings. The largest absolute Gasteiger partial charge is 0.480 e. The molecule has 5 nitrogen and oxygen atoms in total. The summed E-state index contributed by atoms with van der Waals surface area (Å²) in [6.07, 6.45) is 3.25. The maximum atomic E-state index is 11.8. The summed E-state index contributed by atoms with van der Waals surface area (Å²) in [6, 6.07) is -0.785. The molecule has 1 unspecified atom stereocenters. The summed E-state index contributed by atoms with van der Waals surface area (Å²) >= 11 is 0. The number of rotatable bonds is 4. The molecule has 0 spiro atoms. The molecule has 2 amide bonds. The molecular formula is C11H20N2O3. The molecule has 1 heterocycles. The van der Waals surface area contributed by atoms with E-state index in [1.54, 1.807) is 0 Å². The Balaban J connectivity index is 2.49. The van der Waals surface area contributed by atoms with Crippen LogP contribution in [0.15, 0.2) is 0 Å². The van der Waals surface area contributed by atoms with Crippen molar-refractivity contribution >= 4 is 12.0 Å². The molecule has 0 aromatic heterocycles. The maximum absolute atomic E-state index is 11.8. The Hall–Kier alpha value is -1.26. The van der Waals surface area contributed by atoms with Gasteiger partial charge in [-0.2, -0.15) is 0 Å². The normalized spacial score (nSPS) is 21.9. The highest BCUT2D eigenvalue weighted by Gasteiger charge is 2.34. The fourth-order valence-corrected chi connectivity index (χ4v) is 2.07. The van der Waals surface area contributed by atoms with E-state index in [1.165, 1.54) is 4.90 Å². The SMILES string of the molecule is CCCC(C)NC(=O)N1CCC[C@H]1C(=O)O. The lowest BCUT2D eigenvalue weighted by Crippen LogP contribution is -2.48. The topological polar surface area (TPSA) is 69.6 Å². The third-order valence-corrected chi connectivity index (χ3v) is 2.89. The summed E-state index contributed by atoms with van der Waals surface area (Å²) in [4.78, 5) is 24.1. The third-order valence-electron chi connectivity index (χ3n) is 2.89. The van der Waals surface area contributed by atoms with Crippen LogP contribution in [0.3, 0.4) is 0 Å². The van der Waals surface area contributed by atoms with Crippen molar-refractivity contribution in [2.24, 2.45) is 0 Å². The van der Waals surface area contributed by atoms with Gasteiger partial charge >= 0.3 is 12.0 Å². The van der Waals surface area contributed by atoms with Gasteiger partial charge in [0.2, 0.25) is 0 Å². The number of nitrogens with zero attached hydrogens (tertiary/aromatic N) is 1. The number of carbonyl (C=O) groups excluding carboxylic acids is 1. The van der Waals surface area contributed by atoms with Gasteiger partial charge in [-0.25, -0.2) is 9.59 Å². The molecule has 92 valence electrons. The summed E-state index contributed by atoms with van der Waals surface area (Å²) in [5.41, 5.74) is 0. The quantitative estimate of drug-likeness (QED) is 0.764. The molecular weight excluding hydrogens is 208 g/mol. The van der Waals surface area contributed by atoms with Gasteiger partial charge < -0.3 is 15.3 Å². The first-order valence-corrected chi connectivity index (χ1v) is 5.86. The fraction of sp³-hybridized carbons (Fsp3) is 0.818. The van der Waals surface area contributed by atoms with E-state index >= 15 is 0 Å². The van der Waals surface area contributed by atoms with Gasteiger partial charge in [0.25, 0.3) is 0 Å². The second kappa shape index (κ2) is 5.72. The zero-order valence-electron chi connectivity index (χ0n) is 9.90. The van der Waals surface area contributed by atoms with Gasteiger partial charge in [-0.1, -0.05) is 13.3 Å². The van der Waals surface area contributed by atoms with Crippen LogP contribution in [0.5, 0.6) is 0 Å². The van der Waals surface area contributed by atoms with E-state index in [4.69, 9.17) is 5.11 Å². The number of carboxylic acid groups (broad SMARTS) is 1. The van der Waals surface area contributed by atoms with Crippen LogP contribution in [-0.4, -0.2) is 40.6 Å². The summed E-state index contributed by atoms with van der Waals surface area (Å²) < 4.78 is 0. The van der Waals surface area contributed by atoms with Crippen molar-refractivity contribution in [3.05, 3.63) is 0 Å². The summed E-state index contributed by atoms with van der Waals surface area (Å²) in [5.74, 6) is -0.907. The first kappa shape index (κ1) is 12.8. The predicted molar refractivity (Wildman–Crippen MR) is 60.3 cm³/mol. The smallest absolute Gasteiger partial charge is 0.326 e. The second-order valence-corrected chi connectivity index (χ2v) is 4.33. The van der Waals surface area contributed by atoms with Crippen LogP contribution < -0.4 is 5.32 Å². The van der Waals surface area contributed by atoms with E-state index in [0.29, 0.717) is 13.0 Å². The Bertz CT molecular complexity index is 268. The van der Waals surface area contributed by atoms with Crippen molar-refractivity contribution in [2.75, 3.05) is 6.54 Å². The second-order valence-electron chi connectivity index (χ2n) is 4.33. The Labute approximate surface area is 95.8 Å². The first-order valence-electron chi connectivity index (χ1n) is 5.86. The molecule has 1 aliphatic heterocycles. The van der Waals surface area contributed by atoms with Crippen molar-refractivity contribution < 1.29 is 14.7 Å². The predicted octanol–water partition coefficient (Wildman–Crippen LogP) is 1.43. The number of hydrogen-bond donors (Lipinski definition) is 2. The van der Waals surface area contributed by atoms with Gasteiger partial charge in [0, 0.05) is 12.6 Å². The van der Waals surface area contributed by atoms with E-state index in [9.17, 15) is 9.59 Å². The van der Waals surface area contributed by atoms with E-state index in [-0.39, 0.29) is 12.1 Å². The number of urea groups is 1. The van der Waals surface area contributed by atoms with Crippen LogP contribution in [0, 0.1) is 0 Å². The number of hydrogen-bond acceptors (Lipinski definition) is 2. The van der Waals surface area contributed by atoms with Gasteiger partial charge in [-0.15, -0.1) is 0 Å². The van der Waals surface area contributed by atoms with E-state index in [0.717, 1.165) is 19.3 Å². The van der Waals surface area contributed by atoms with Crippen LogP contribution >= 0.6 is 0 Å². The summed E-state index contributed by atoms with van der Waals surface area (Å²) in [6.45, 7) is 4.54. The Kier molecular flexibility index (Phi) is 4.58. The van der Waals surface area contributed by atoms with Crippen LogP contribution in [-0.2, 0) is 4.79 Å². The Morgan fingerprint density at radius 3 is 2.81 bits per heavy atom.